The molecule has 0 fully saturated rings. The molecule has 9 heteroatoms. The van der Waals surface area contributed by atoms with Gasteiger partial charge in [-0.1, -0.05) is 30.3 Å². The lowest BCUT2D eigenvalue weighted by atomic mass is 9.95. The van der Waals surface area contributed by atoms with Gasteiger partial charge in [0.15, 0.2) is 0 Å². The zero-order valence-corrected chi connectivity index (χ0v) is 14.3. The molecule has 1 atom stereocenters. The molecule has 0 aromatic heterocycles. The molecule has 27 heavy (non-hydrogen) atoms. The first-order chi connectivity index (χ1) is 12.5. The van der Waals surface area contributed by atoms with Gasteiger partial charge in [-0.2, -0.15) is 13.2 Å². The number of alkyl halides is 3. The quantitative estimate of drug-likeness (QED) is 0.585. The molecule has 2 rings (SSSR count). The number of benzene rings is 2. The number of amides is 1. The Kier molecular flexibility index (Phi) is 5.85. The molecule has 0 unspecified atom stereocenters. The number of nitrogens with one attached hydrogen (secondary N) is 1. The average molecular weight is 382 g/mol. The van der Waals surface area contributed by atoms with Crippen LogP contribution in [0.4, 0.5) is 24.5 Å². The minimum Gasteiger partial charge on any atom is -0.380 e. The highest BCUT2D eigenvalue weighted by Gasteiger charge is 2.39. The first kappa shape index (κ1) is 20.4. The van der Waals surface area contributed by atoms with Crippen LogP contribution in [0.2, 0.25) is 0 Å². The molecular formula is C18H17F3N2O4. The largest absolute Gasteiger partial charge is 0.423 e. The zero-order chi connectivity index (χ0) is 20.2. The van der Waals surface area contributed by atoms with Crippen LogP contribution in [0.15, 0.2) is 48.5 Å². The number of carbonyl (C=O) groups excluding carboxylic acids is 1. The van der Waals surface area contributed by atoms with E-state index in [0.29, 0.717) is 18.6 Å². The third-order valence-electron chi connectivity index (χ3n) is 3.99. The predicted octanol–water partition coefficient (Wildman–Crippen LogP) is 3.94. The monoisotopic (exact) mass is 382 g/mol. The van der Waals surface area contributed by atoms with Gasteiger partial charge in [0.1, 0.15) is 11.2 Å². The topological polar surface area (TPSA) is 92.5 Å². The summed E-state index contributed by atoms with van der Waals surface area (Å²) in [5.74, 6) is -0.902. The minimum atomic E-state index is -4.96. The van der Waals surface area contributed by atoms with E-state index in [1.165, 1.54) is 6.92 Å². The Hall–Kier alpha value is -2.94. The van der Waals surface area contributed by atoms with Crippen molar-refractivity contribution >= 4 is 17.3 Å². The summed E-state index contributed by atoms with van der Waals surface area (Å²) in [6.45, 7) is 1.25. The van der Waals surface area contributed by atoms with Gasteiger partial charge in [-0.3, -0.25) is 14.9 Å². The fourth-order valence-electron chi connectivity index (χ4n) is 2.41. The minimum absolute atomic E-state index is 0.0436. The van der Waals surface area contributed by atoms with Gasteiger partial charge in [-0.05, 0) is 37.5 Å². The number of carbonyl (C=O) groups is 1. The van der Waals surface area contributed by atoms with E-state index in [-0.39, 0.29) is 12.1 Å². The highest BCUT2D eigenvalue weighted by atomic mass is 19.4. The number of anilines is 1. The van der Waals surface area contributed by atoms with E-state index in [1.54, 1.807) is 12.1 Å². The number of halogens is 3. The van der Waals surface area contributed by atoms with Crippen molar-refractivity contribution in [1.29, 1.82) is 0 Å². The maximum absolute atomic E-state index is 13.0. The second-order valence-corrected chi connectivity index (χ2v) is 6.20. The summed E-state index contributed by atoms with van der Waals surface area (Å²) in [4.78, 5) is 21.9. The van der Waals surface area contributed by atoms with Crippen LogP contribution >= 0.6 is 0 Å². The molecule has 2 aromatic rings. The van der Waals surface area contributed by atoms with Crippen molar-refractivity contribution in [3.8, 4) is 0 Å². The molecule has 0 spiro atoms. The van der Waals surface area contributed by atoms with E-state index in [2.05, 4.69) is 5.32 Å². The normalized spacial score (nSPS) is 13.7. The third-order valence-corrected chi connectivity index (χ3v) is 3.99. The van der Waals surface area contributed by atoms with Crippen LogP contribution in [0.5, 0.6) is 0 Å². The molecular weight excluding hydrogens is 365 g/mol. The molecule has 0 saturated heterocycles. The molecule has 1 amide bonds. The highest BCUT2D eigenvalue weighted by Crippen LogP contribution is 2.37. The molecule has 2 N–H and O–H groups in total. The summed E-state index contributed by atoms with van der Waals surface area (Å²) in [5, 5.41) is 23.3. The number of aryl methyl sites for hydroxylation is 1. The van der Waals surface area contributed by atoms with Crippen molar-refractivity contribution in [2.75, 3.05) is 5.32 Å². The van der Waals surface area contributed by atoms with Gasteiger partial charge in [0, 0.05) is 11.8 Å². The summed E-state index contributed by atoms with van der Waals surface area (Å²) < 4.78 is 39.0. The number of rotatable bonds is 6. The smallest absolute Gasteiger partial charge is 0.380 e. The van der Waals surface area contributed by atoms with Crippen molar-refractivity contribution in [1.82, 2.24) is 0 Å². The number of nitro groups is 1. The Morgan fingerprint density at radius 3 is 2.37 bits per heavy atom. The molecule has 144 valence electrons. The van der Waals surface area contributed by atoms with Crippen LogP contribution in [-0.4, -0.2) is 21.5 Å². The Morgan fingerprint density at radius 2 is 1.81 bits per heavy atom. The van der Waals surface area contributed by atoms with E-state index in [4.69, 9.17) is 0 Å². The number of aliphatic hydroxyl groups is 1. The van der Waals surface area contributed by atoms with Crippen molar-refractivity contribution in [3.63, 3.8) is 0 Å². The molecule has 0 heterocycles. The van der Waals surface area contributed by atoms with Gasteiger partial charge in [-0.15, -0.1) is 0 Å². The highest BCUT2D eigenvalue weighted by molar-refractivity contribution is 5.97. The van der Waals surface area contributed by atoms with E-state index in [9.17, 15) is 33.2 Å². The van der Waals surface area contributed by atoms with Crippen LogP contribution in [0.25, 0.3) is 0 Å². The Bertz CT molecular complexity index is 836. The van der Waals surface area contributed by atoms with Crippen molar-refractivity contribution < 1.29 is 28.0 Å². The Balaban J connectivity index is 2.15. The average Bonchev–Trinajstić information content (AvgIpc) is 2.60. The van der Waals surface area contributed by atoms with E-state index in [0.717, 1.165) is 11.6 Å². The molecule has 0 radical (unpaired) electrons. The van der Waals surface area contributed by atoms with Crippen molar-refractivity contribution in [2.24, 2.45) is 0 Å². The third kappa shape index (κ3) is 5.27. The summed E-state index contributed by atoms with van der Waals surface area (Å²) in [7, 11) is 0. The number of nitrogens with zero attached hydrogens (tertiary/aromatic N) is 1. The van der Waals surface area contributed by atoms with Crippen molar-refractivity contribution in [2.45, 2.75) is 31.5 Å². The standard InChI is InChI=1S/C18H17F3N2O4/c1-17(25,10-9-12-5-3-2-4-6-12)16(24)22-13-7-8-15(23(26)27)14(11-13)18(19,20)21/h2-8,11,25H,9-10H2,1H3,(H,22,24)/t17-/m0/s1. The number of hydrogen-bond donors (Lipinski definition) is 2. The second-order valence-electron chi connectivity index (χ2n) is 6.20. The van der Waals surface area contributed by atoms with E-state index < -0.39 is 33.9 Å². The second kappa shape index (κ2) is 7.75. The van der Waals surface area contributed by atoms with Crippen LogP contribution in [0, 0.1) is 10.1 Å². The zero-order valence-electron chi connectivity index (χ0n) is 14.3. The maximum Gasteiger partial charge on any atom is 0.423 e. The number of nitro benzene ring substituents is 1. The van der Waals surface area contributed by atoms with Gasteiger partial charge in [0.2, 0.25) is 0 Å². The lowest BCUT2D eigenvalue weighted by Gasteiger charge is -2.22. The van der Waals surface area contributed by atoms with Gasteiger partial charge in [0.25, 0.3) is 11.6 Å². The molecule has 0 aliphatic rings. The van der Waals surface area contributed by atoms with Gasteiger partial charge < -0.3 is 10.4 Å². The predicted molar refractivity (Wildman–Crippen MR) is 92.1 cm³/mol. The SMILES string of the molecule is C[C@](O)(CCc1ccccc1)C(=O)Nc1ccc([N+](=O)[O-])c(C(F)(F)F)c1. The van der Waals surface area contributed by atoms with E-state index >= 15 is 0 Å². The summed E-state index contributed by atoms with van der Waals surface area (Å²) in [6, 6.07) is 11.2. The molecule has 6 nitrogen and oxygen atoms in total. The van der Waals surface area contributed by atoms with Gasteiger partial charge >= 0.3 is 6.18 Å². The fourth-order valence-corrected chi connectivity index (χ4v) is 2.41. The molecule has 0 aliphatic carbocycles. The maximum atomic E-state index is 13.0. The van der Waals surface area contributed by atoms with Crippen LogP contribution in [-0.2, 0) is 17.4 Å². The Labute approximate surface area is 152 Å². The first-order valence-electron chi connectivity index (χ1n) is 7.94. The van der Waals surface area contributed by atoms with Crippen molar-refractivity contribution in [3.05, 3.63) is 69.8 Å². The molecule has 2 aromatic carbocycles. The van der Waals surface area contributed by atoms with Gasteiger partial charge in [-0.25, -0.2) is 0 Å². The van der Waals surface area contributed by atoms with E-state index in [1.807, 2.05) is 18.2 Å². The molecule has 0 aliphatic heterocycles. The van der Waals surface area contributed by atoms with Crippen LogP contribution in [0.3, 0.4) is 0 Å². The lowest BCUT2D eigenvalue weighted by Crippen LogP contribution is -2.40. The number of hydrogen-bond acceptors (Lipinski definition) is 4. The summed E-state index contributed by atoms with van der Waals surface area (Å²) in [5.41, 5.74) is -3.83. The van der Waals surface area contributed by atoms with Gasteiger partial charge in [0.05, 0.1) is 4.92 Å². The molecule has 0 saturated carbocycles. The first-order valence-corrected chi connectivity index (χ1v) is 7.94. The lowest BCUT2D eigenvalue weighted by molar-refractivity contribution is -0.388. The molecule has 0 bridgehead atoms. The Morgan fingerprint density at radius 1 is 1.19 bits per heavy atom. The summed E-state index contributed by atoms with van der Waals surface area (Å²) >= 11 is 0. The fraction of sp³-hybridized carbons (Fsp3) is 0.278. The van der Waals surface area contributed by atoms with Crippen LogP contribution < -0.4 is 5.32 Å². The van der Waals surface area contributed by atoms with Crippen LogP contribution in [0.1, 0.15) is 24.5 Å². The summed E-state index contributed by atoms with van der Waals surface area (Å²) in [6.07, 6.45) is -4.53.